The second kappa shape index (κ2) is 4.43. The first kappa shape index (κ1) is 11.7. The maximum absolute atomic E-state index is 5.85. The van der Waals surface area contributed by atoms with Crippen molar-refractivity contribution >= 4 is 46.3 Å². The summed E-state index contributed by atoms with van der Waals surface area (Å²) in [5, 5.41) is 0.670. The van der Waals surface area contributed by atoms with Crippen LogP contribution in [-0.2, 0) is 0 Å². The summed E-state index contributed by atoms with van der Waals surface area (Å²) in [6, 6.07) is 1.94. The largest absolute Gasteiger partial charge is 0.115 e. The Morgan fingerprint density at radius 2 is 2.00 bits per heavy atom. The molecule has 0 bridgehead atoms. The van der Waals surface area contributed by atoms with E-state index in [2.05, 4.69) is 20.8 Å². The van der Waals surface area contributed by atoms with E-state index >= 15 is 0 Å². The maximum atomic E-state index is 5.85. The highest BCUT2D eigenvalue weighted by atomic mass is 35.5. The maximum Gasteiger partial charge on any atom is 0.113 e. The number of hydrogen-bond acceptors (Lipinski definition) is 2. The number of rotatable bonds is 2. The summed E-state index contributed by atoms with van der Waals surface area (Å²) in [5.41, 5.74) is 0.341. The van der Waals surface area contributed by atoms with Crippen LogP contribution in [0.1, 0.15) is 20.8 Å². The van der Waals surface area contributed by atoms with Crippen molar-refractivity contribution in [3.8, 4) is 0 Å². The summed E-state index contributed by atoms with van der Waals surface area (Å²) >= 11 is 15.1. The summed E-state index contributed by atoms with van der Waals surface area (Å²) in [5.74, 6) is 1.08. The molecule has 0 unspecified atom stereocenters. The van der Waals surface area contributed by atoms with E-state index in [-0.39, 0.29) is 0 Å². The summed E-state index contributed by atoms with van der Waals surface area (Å²) < 4.78 is 1.89. The third kappa shape index (κ3) is 4.11. The van der Waals surface area contributed by atoms with Crippen LogP contribution < -0.4 is 0 Å². The second-order valence-corrected chi connectivity index (χ2v) is 7.37. The lowest BCUT2D eigenvalue weighted by atomic mass is 10.0. The van der Waals surface area contributed by atoms with Gasteiger partial charge in [0.1, 0.15) is 4.34 Å². The van der Waals surface area contributed by atoms with Gasteiger partial charge in [-0.05, 0) is 11.5 Å². The fourth-order valence-corrected chi connectivity index (χ4v) is 3.43. The zero-order chi connectivity index (χ0) is 10.1. The molecular weight excluding hydrogens is 243 g/mol. The van der Waals surface area contributed by atoms with Crippen LogP contribution in [0.5, 0.6) is 0 Å². The Balaban J connectivity index is 2.56. The van der Waals surface area contributed by atoms with Crippen molar-refractivity contribution in [2.24, 2.45) is 5.41 Å². The predicted molar refractivity (Wildman–Crippen MR) is 64.5 cm³/mol. The molecule has 13 heavy (non-hydrogen) atoms. The highest BCUT2D eigenvalue weighted by Crippen LogP contribution is 2.39. The second-order valence-electron chi connectivity index (χ2n) is 4.04. The van der Waals surface area contributed by atoms with E-state index in [9.17, 15) is 0 Å². The van der Waals surface area contributed by atoms with Crippen LogP contribution in [0.2, 0.25) is 9.36 Å². The molecule has 1 aromatic rings. The Labute approximate surface area is 97.6 Å². The van der Waals surface area contributed by atoms with Crippen LogP contribution in [0.3, 0.4) is 0 Å². The molecule has 0 saturated carbocycles. The molecule has 0 N–H and O–H groups in total. The molecule has 0 aliphatic rings. The van der Waals surface area contributed by atoms with Crippen molar-refractivity contribution in [1.82, 2.24) is 0 Å². The Kier molecular flexibility index (Phi) is 3.99. The van der Waals surface area contributed by atoms with Gasteiger partial charge in [0.15, 0.2) is 0 Å². The number of thioether (sulfide) groups is 1. The van der Waals surface area contributed by atoms with Crippen LogP contribution in [0.4, 0.5) is 0 Å². The number of thiophene rings is 1. The van der Waals surface area contributed by atoms with Gasteiger partial charge < -0.3 is 0 Å². The average Bonchev–Trinajstić information content (AvgIpc) is 2.27. The van der Waals surface area contributed by atoms with Gasteiger partial charge >= 0.3 is 0 Å². The van der Waals surface area contributed by atoms with E-state index in [4.69, 9.17) is 23.2 Å². The van der Waals surface area contributed by atoms with Crippen molar-refractivity contribution < 1.29 is 0 Å². The van der Waals surface area contributed by atoms with Gasteiger partial charge in [-0.2, -0.15) is 0 Å². The Morgan fingerprint density at radius 3 is 2.38 bits per heavy atom. The zero-order valence-corrected chi connectivity index (χ0v) is 11.0. The molecule has 0 saturated heterocycles. The van der Waals surface area contributed by atoms with Gasteiger partial charge in [-0.25, -0.2) is 0 Å². The van der Waals surface area contributed by atoms with E-state index < -0.39 is 0 Å². The number of halogens is 2. The number of hydrogen-bond donors (Lipinski definition) is 0. The van der Waals surface area contributed by atoms with Crippen LogP contribution in [-0.4, -0.2) is 5.75 Å². The molecule has 1 heterocycles. The molecule has 0 amide bonds. The Hall–Kier alpha value is 0.630. The predicted octanol–water partition coefficient (Wildman–Crippen LogP) is 5.19. The van der Waals surface area contributed by atoms with Crippen molar-refractivity contribution in [1.29, 1.82) is 0 Å². The van der Waals surface area contributed by atoms with E-state index in [0.717, 1.165) is 5.75 Å². The minimum absolute atomic E-state index is 0.341. The first-order chi connectivity index (χ1) is 5.88. The molecule has 1 aromatic heterocycles. The minimum atomic E-state index is 0.341. The van der Waals surface area contributed by atoms with Crippen molar-refractivity contribution in [2.75, 3.05) is 5.75 Å². The fraction of sp³-hybridized carbons (Fsp3) is 0.556. The monoisotopic (exact) mass is 254 g/mol. The molecule has 0 spiro atoms. The first-order valence-corrected chi connectivity index (χ1v) is 6.52. The highest BCUT2D eigenvalue weighted by molar-refractivity contribution is 8.01. The molecule has 4 heteroatoms. The lowest BCUT2D eigenvalue weighted by Gasteiger charge is -2.16. The lowest BCUT2D eigenvalue weighted by molar-refractivity contribution is 0.481. The molecule has 0 radical (unpaired) electrons. The van der Waals surface area contributed by atoms with Crippen LogP contribution in [0, 0.1) is 5.41 Å². The molecule has 74 valence electrons. The van der Waals surface area contributed by atoms with E-state index in [0.29, 0.717) is 14.8 Å². The molecule has 0 fully saturated rings. The van der Waals surface area contributed by atoms with Crippen molar-refractivity contribution in [3.63, 3.8) is 0 Å². The zero-order valence-electron chi connectivity index (χ0n) is 7.86. The van der Waals surface area contributed by atoms with Gasteiger partial charge in [0.05, 0.1) is 9.23 Å². The third-order valence-electron chi connectivity index (χ3n) is 1.27. The van der Waals surface area contributed by atoms with Gasteiger partial charge in [-0.15, -0.1) is 23.1 Å². The summed E-state index contributed by atoms with van der Waals surface area (Å²) in [6.07, 6.45) is 0. The van der Waals surface area contributed by atoms with Crippen LogP contribution in [0.15, 0.2) is 10.3 Å². The molecule has 0 aliphatic carbocycles. The fourth-order valence-electron chi connectivity index (χ4n) is 0.686. The Bertz CT molecular complexity index is 267. The van der Waals surface area contributed by atoms with Gasteiger partial charge in [-0.3, -0.25) is 0 Å². The van der Waals surface area contributed by atoms with Gasteiger partial charge in [-0.1, -0.05) is 44.0 Å². The summed E-state index contributed by atoms with van der Waals surface area (Å²) in [7, 11) is 0. The molecule has 0 atom stereocenters. The molecular formula is C9H12Cl2S2. The molecule has 0 aliphatic heterocycles. The summed E-state index contributed by atoms with van der Waals surface area (Å²) in [6.45, 7) is 6.66. The Morgan fingerprint density at radius 1 is 1.38 bits per heavy atom. The topological polar surface area (TPSA) is 0 Å². The minimum Gasteiger partial charge on any atom is -0.115 e. The van der Waals surface area contributed by atoms with E-state index in [1.165, 1.54) is 4.21 Å². The van der Waals surface area contributed by atoms with E-state index in [1.54, 1.807) is 11.3 Å². The first-order valence-electron chi connectivity index (χ1n) is 3.96. The molecule has 0 nitrogen and oxygen atoms in total. The lowest BCUT2D eigenvalue weighted by Crippen LogP contribution is -2.07. The smallest absolute Gasteiger partial charge is 0.113 e. The van der Waals surface area contributed by atoms with Crippen molar-refractivity contribution in [2.45, 2.75) is 25.0 Å². The SMILES string of the molecule is CC(C)(C)CSc1cc(Cl)c(Cl)s1. The van der Waals surface area contributed by atoms with Crippen LogP contribution in [0.25, 0.3) is 0 Å². The quantitative estimate of drug-likeness (QED) is 0.655. The average molecular weight is 255 g/mol. The van der Waals surface area contributed by atoms with Gasteiger partial charge in [0.2, 0.25) is 0 Å². The molecule has 1 rings (SSSR count). The van der Waals surface area contributed by atoms with Gasteiger partial charge in [0.25, 0.3) is 0 Å². The normalized spacial score (nSPS) is 12.1. The molecule has 0 aromatic carbocycles. The highest BCUT2D eigenvalue weighted by Gasteiger charge is 2.12. The van der Waals surface area contributed by atoms with Gasteiger partial charge in [0, 0.05) is 5.75 Å². The standard InChI is InChI=1S/C9H12Cl2S2/c1-9(2,3)5-12-7-4-6(10)8(11)13-7/h4H,5H2,1-3H3. The summed E-state index contributed by atoms with van der Waals surface area (Å²) in [4.78, 5) is 0. The van der Waals surface area contributed by atoms with E-state index in [1.807, 2.05) is 17.8 Å². The van der Waals surface area contributed by atoms with Crippen molar-refractivity contribution in [3.05, 3.63) is 15.4 Å². The third-order valence-corrected chi connectivity index (χ3v) is 4.95. The van der Waals surface area contributed by atoms with Crippen LogP contribution >= 0.6 is 46.3 Å².